The standard InChI is InChI=1S/C21H22N6O2S/c1-14(30-21-24-25-26-27(21)16-6-4-3-5-7-16)20(28)22-11-10-15-13-23-19-12-17(29-2)8-9-18(15)19/h3-9,12-14,23H,10-11H2,1-2H3,(H,22,28)/t14-/m0/s1. The first-order valence-corrected chi connectivity index (χ1v) is 10.5. The number of methoxy groups -OCH3 is 1. The third kappa shape index (κ3) is 4.30. The van der Waals surface area contributed by atoms with Crippen molar-refractivity contribution in [3.05, 3.63) is 60.3 Å². The number of benzene rings is 2. The van der Waals surface area contributed by atoms with E-state index in [-0.39, 0.29) is 11.2 Å². The number of amides is 1. The van der Waals surface area contributed by atoms with Gasteiger partial charge in [-0.2, -0.15) is 4.68 Å². The van der Waals surface area contributed by atoms with Gasteiger partial charge in [-0.1, -0.05) is 30.0 Å². The van der Waals surface area contributed by atoms with Gasteiger partial charge in [-0.3, -0.25) is 4.79 Å². The van der Waals surface area contributed by atoms with Crippen LogP contribution >= 0.6 is 11.8 Å². The van der Waals surface area contributed by atoms with Crippen molar-refractivity contribution in [2.24, 2.45) is 0 Å². The molecule has 0 saturated carbocycles. The van der Waals surface area contributed by atoms with Crippen LogP contribution in [-0.2, 0) is 11.2 Å². The number of aromatic amines is 1. The number of carbonyl (C=O) groups is 1. The number of ether oxygens (including phenoxy) is 1. The van der Waals surface area contributed by atoms with Gasteiger partial charge in [0, 0.05) is 29.7 Å². The van der Waals surface area contributed by atoms with Gasteiger partial charge in [-0.25, -0.2) is 0 Å². The lowest BCUT2D eigenvalue weighted by molar-refractivity contribution is -0.120. The quantitative estimate of drug-likeness (QED) is 0.424. The average molecular weight is 423 g/mol. The molecule has 30 heavy (non-hydrogen) atoms. The van der Waals surface area contributed by atoms with Gasteiger partial charge in [0.05, 0.1) is 18.0 Å². The van der Waals surface area contributed by atoms with Crippen molar-refractivity contribution >= 4 is 28.6 Å². The molecular weight excluding hydrogens is 400 g/mol. The van der Waals surface area contributed by atoms with Crippen molar-refractivity contribution < 1.29 is 9.53 Å². The maximum atomic E-state index is 12.6. The zero-order valence-electron chi connectivity index (χ0n) is 16.7. The highest BCUT2D eigenvalue weighted by molar-refractivity contribution is 8.00. The predicted molar refractivity (Wildman–Crippen MR) is 116 cm³/mol. The number of aromatic nitrogens is 5. The molecule has 0 unspecified atom stereocenters. The number of para-hydroxylation sites is 1. The Hall–Kier alpha value is -3.33. The number of H-pyrrole nitrogens is 1. The van der Waals surface area contributed by atoms with E-state index in [0.717, 1.165) is 34.3 Å². The summed E-state index contributed by atoms with van der Waals surface area (Å²) in [6, 6.07) is 15.5. The molecule has 154 valence electrons. The summed E-state index contributed by atoms with van der Waals surface area (Å²) >= 11 is 1.33. The number of hydrogen-bond donors (Lipinski definition) is 2. The second kappa shape index (κ2) is 9.00. The van der Waals surface area contributed by atoms with Gasteiger partial charge in [-0.05, 0) is 53.6 Å². The summed E-state index contributed by atoms with van der Waals surface area (Å²) in [7, 11) is 1.65. The third-order valence-electron chi connectivity index (χ3n) is 4.76. The molecule has 2 aromatic heterocycles. The maximum absolute atomic E-state index is 12.6. The molecule has 1 amide bonds. The Kier molecular flexibility index (Phi) is 5.99. The van der Waals surface area contributed by atoms with Crippen LogP contribution in [0.4, 0.5) is 0 Å². The summed E-state index contributed by atoms with van der Waals surface area (Å²) in [5.74, 6) is 0.761. The smallest absolute Gasteiger partial charge is 0.233 e. The zero-order chi connectivity index (χ0) is 20.9. The summed E-state index contributed by atoms with van der Waals surface area (Å²) < 4.78 is 6.89. The molecule has 8 nitrogen and oxygen atoms in total. The van der Waals surface area contributed by atoms with Gasteiger partial charge in [0.2, 0.25) is 11.1 Å². The Morgan fingerprint density at radius 3 is 2.90 bits per heavy atom. The van der Waals surface area contributed by atoms with Crippen molar-refractivity contribution in [3.63, 3.8) is 0 Å². The fourth-order valence-electron chi connectivity index (χ4n) is 3.16. The van der Waals surface area contributed by atoms with Gasteiger partial charge in [0.25, 0.3) is 0 Å². The maximum Gasteiger partial charge on any atom is 0.233 e. The molecule has 0 fully saturated rings. The molecule has 0 aliphatic rings. The van der Waals surface area contributed by atoms with E-state index in [2.05, 4.69) is 25.8 Å². The van der Waals surface area contributed by atoms with Crippen LogP contribution < -0.4 is 10.1 Å². The Labute approximate surface area is 178 Å². The van der Waals surface area contributed by atoms with E-state index in [4.69, 9.17) is 4.74 Å². The van der Waals surface area contributed by atoms with Crippen LogP contribution in [0.1, 0.15) is 12.5 Å². The summed E-state index contributed by atoms with van der Waals surface area (Å²) in [5.41, 5.74) is 3.03. The Bertz CT molecular complexity index is 1140. The van der Waals surface area contributed by atoms with E-state index in [1.54, 1.807) is 11.8 Å². The van der Waals surface area contributed by atoms with Crippen LogP contribution in [0.2, 0.25) is 0 Å². The lowest BCUT2D eigenvalue weighted by Gasteiger charge is -2.11. The van der Waals surface area contributed by atoms with Crippen LogP contribution in [0.3, 0.4) is 0 Å². The normalized spacial score (nSPS) is 12.1. The fourth-order valence-corrected chi connectivity index (χ4v) is 3.99. The first kappa shape index (κ1) is 20.0. The highest BCUT2D eigenvalue weighted by Gasteiger charge is 2.19. The van der Waals surface area contributed by atoms with Crippen molar-refractivity contribution in [1.29, 1.82) is 0 Å². The van der Waals surface area contributed by atoms with Crippen LogP contribution in [0.15, 0.2) is 59.9 Å². The Morgan fingerprint density at radius 2 is 2.10 bits per heavy atom. The van der Waals surface area contributed by atoms with Gasteiger partial charge in [-0.15, -0.1) is 5.10 Å². The predicted octanol–water partition coefficient (Wildman–Crippen LogP) is 2.99. The first-order valence-electron chi connectivity index (χ1n) is 9.58. The fraction of sp³-hybridized carbons (Fsp3) is 0.238. The molecular formula is C21H22N6O2S. The number of tetrazole rings is 1. The van der Waals surface area contributed by atoms with Crippen molar-refractivity contribution in [1.82, 2.24) is 30.5 Å². The number of rotatable bonds is 8. The molecule has 0 saturated heterocycles. The van der Waals surface area contributed by atoms with Crippen molar-refractivity contribution in [2.75, 3.05) is 13.7 Å². The molecule has 9 heteroatoms. The van der Waals surface area contributed by atoms with Gasteiger partial charge < -0.3 is 15.0 Å². The highest BCUT2D eigenvalue weighted by Crippen LogP contribution is 2.24. The number of fused-ring (bicyclic) bond motifs is 1. The molecule has 4 aromatic rings. The van der Waals surface area contributed by atoms with Crippen LogP contribution in [-0.4, -0.2) is 50.0 Å². The number of carbonyl (C=O) groups excluding carboxylic acids is 1. The zero-order valence-corrected chi connectivity index (χ0v) is 17.5. The number of nitrogens with zero attached hydrogens (tertiary/aromatic N) is 4. The summed E-state index contributed by atoms with van der Waals surface area (Å²) in [6.07, 6.45) is 2.71. The summed E-state index contributed by atoms with van der Waals surface area (Å²) in [4.78, 5) is 15.8. The van der Waals surface area contributed by atoms with E-state index in [0.29, 0.717) is 11.7 Å². The van der Waals surface area contributed by atoms with E-state index in [1.807, 2.05) is 61.7 Å². The Morgan fingerprint density at radius 1 is 1.27 bits per heavy atom. The molecule has 0 bridgehead atoms. The summed E-state index contributed by atoms with van der Waals surface area (Å²) in [5, 5.41) is 16.2. The lowest BCUT2D eigenvalue weighted by atomic mass is 10.1. The Balaban J connectivity index is 1.33. The van der Waals surface area contributed by atoms with Crippen molar-refractivity contribution in [2.45, 2.75) is 23.8 Å². The van der Waals surface area contributed by atoms with E-state index < -0.39 is 0 Å². The SMILES string of the molecule is COc1ccc2c(CCNC(=O)[C@H](C)Sc3nnnn3-c3ccccc3)c[nH]c2c1. The lowest BCUT2D eigenvalue weighted by Crippen LogP contribution is -2.32. The van der Waals surface area contributed by atoms with Crippen LogP contribution in [0.25, 0.3) is 16.6 Å². The second-order valence-electron chi connectivity index (χ2n) is 6.74. The molecule has 4 rings (SSSR count). The van der Waals surface area contributed by atoms with Crippen molar-refractivity contribution in [3.8, 4) is 11.4 Å². The number of thioether (sulfide) groups is 1. The number of hydrogen-bond acceptors (Lipinski definition) is 6. The van der Waals surface area contributed by atoms with Gasteiger partial charge in [0.15, 0.2) is 0 Å². The second-order valence-corrected chi connectivity index (χ2v) is 8.04. The minimum Gasteiger partial charge on any atom is -0.497 e. The minimum atomic E-state index is -0.328. The molecule has 0 spiro atoms. The molecule has 0 aliphatic carbocycles. The highest BCUT2D eigenvalue weighted by atomic mass is 32.2. The van der Waals surface area contributed by atoms with E-state index in [9.17, 15) is 4.79 Å². The molecule has 2 aromatic carbocycles. The summed E-state index contributed by atoms with van der Waals surface area (Å²) in [6.45, 7) is 2.40. The van der Waals surface area contributed by atoms with Crippen LogP contribution in [0, 0.1) is 0 Å². The van der Waals surface area contributed by atoms with E-state index >= 15 is 0 Å². The first-order chi connectivity index (χ1) is 14.7. The molecule has 1 atom stereocenters. The largest absolute Gasteiger partial charge is 0.497 e. The average Bonchev–Trinajstić information content (AvgIpc) is 3.40. The number of nitrogens with one attached hydrogen (secondary N) is 2. The third-order valence-corrected chi connectivity index (χ3v) is 5.79. The minimum absolute atomic E-state index is 0.0517. The topological polar surface area (TPSA) is 97.7 Å². The molecule has 2 heterocycles. The van der Waals surface area contributed by atoms with Crippen LogP contribution in [0.5, 0.6) is 5.75 Å². The molecule has 0 aliphatic heterocycles. The monoisotopic (exact) mass is 422 g/mol. The van der Waals surface area contributed by atoms with Gasteiger partial charge in [0.1, 0.15) is 5.75 Å². The molecule has 0 radical (unpaired) electrons. The van der Waals surface area contributed by atoms with E-state index in [1.165, 1.54) is 11.8 Å². The van der Waals surface area contributed by atoms with Gasteiger partial charge >= 0.3 is 0 Å². The molecule has 2 N–H and O–H groups in total.